The lowest BCUT2D eigenvalue weighted by molar-refractivity contribution is 0.126. The number of fused-ring (bicyclic) bond motifs is 1. The lowest BCUT2D eigenvalue weighted by Gasteiger charge is -2.35. The Kier molecular flexibility index (Phi) is 7.04. The molecule has 1 aliphatic rings. The van der Waals surface area contributed by atoms with E-state index in [0.717, 1.165) is 57.9 Å². The summed E-state index contributed by atoms with van der Waals surface area (Å²) in [6.07, 6.45) is 7.92. The first kappa shape index (κ1) is 22.8. The van der Waals surface area contributed by atoms with Gasteiger partial charge in [0.05, 0.1) is 0 Å². The second kappa shape index (κ2) is 10.5. The van der Waals surface area contributed by atoms with Crippen molar-refractivity contribution in [2.75, 3.05) is 46.8 Å². The third-order valence-corrected chi connectivity index (χ3v) is 6.85. The Labute approximate surface area is 202 Å². The number of nitrogens with one attached hydrogen (secondary N) is 1. The topological polar surface area (TPSA) is 56.2 Å². The van der Waals surface area contributed by atoms with E-state index in [0.29, 0.717) is 0 Å². The average molecular weight is 458 g/mol. The summed E-state index contributed by atoms with van der Waals surface area (Å²) >= 11 is 0. The van der Waals surface area contributed by atoms with Gasteiger partial charge in [0.15, 0.2) is 0 Å². The Hall–Kier alpha value is -3.00. The van der Waals surface area contributed by atoms with Crippen LogP contribution in [0.5, 0.6) is 0 Å². The van der Waals surface area contributed by atoms with E-state index in [9.17, 15) is 0 Å². The van der Waals surface area contributed by atoms with Crippen LogP contribution in [-0.2, 0) is 19.5 Å². The van der Waals surface area contributed by atoms with Crippen LogP contribution >= 0.6 is 0 Å². The maximum Gasteiger partial charge on any atom is 0.123 e. The summed E-state index contributed by atoms with van der Waals surface area (Å²) in [5.41, 5.74) is 6.59. The van der Waals surface area contributed by atoms with E-state index in [1.807, 2.05) is 4.57 Å². The number of piperazine rings is 1. The predicted molar refractivity (Wildman–Crippen MR) is 137 cm³/mol. The first-order chi connectivity index (χ1) is 16.7. The molecule has 34 heavy (non-hydrogen) atoms. The van der Waals surface area contributed by atoms with Gasteiger partial charge in [-0.05, 0) is 68.4 Å². The van der Waals surface area contributed by atoms with Gasteiger partial charge in [-0.1, -0.05) is 24.3 Å². The number of nitrogens with zero attached hydrogens (tertiary/aromatic N) is 6. The molecule has 7 nitrogen and oxygen atoms in total. The van der Waals surface area contributed by atoms with E-state index in [2.05, 4.69) is 92.6 Å². The van der Waals surface area contributed by atoms with Crippen LogP contribution in [0.4, 0.5) is 0 Å². The molecular weight excluding hydrogens is 422 g/mol. The number of benzene rings is 2. The van der Waals surface area contributed by atoms with Gasteiger partial charge in [0, 0.05) is 62.1 Å². The molecule has 3 heterocycles. The molecule has 0 amide bonds. The zero-order valence-corrected chi connectivity index (χ0v) is 20.3. The highest BCUT2D eigenvalue weighted by atomic mass is 15.3. The van der Waals surface area contributed by atoms with Crippen molar-refractivity contribution in [3.63, 3.8) is 0 Å². The van der Waals surface area contributed by atoms with Crippen molar-refractivity contribution in [1.29, 1.82) is 0 Å². The molecule has 1 fully saturated rings. The van der Waals surface area contributed by atoms with Gasteiger partial charge in [0.2, 0.25) is 0 Å². The molecular formula is C27H35N7. The molecule has 0 radical (unpaired) electrons. The molecule has 0 unspecified atom stereocenters. The summed E-state index contributed by atoms with van der Waals surface area (Å²) < 4.78 is 1.95. The number of aromatic nitrogens is 4. The molecule has 2 aromatic carbocycles. The Bertz CT molecular complexity index is 1190. The molecule has 7 heteroatoms. The highest BCUT2D eigenvalue weighted by Crippen LogP contribution is 2.23. The SMILES string of the molecule is CN(C)Cc1ccccc1CN1CCN(CCCc2c[nH]c3ccc(-n4cnnc4)cc23)CC1. The molecule has 4 aromatic rings. The Balaban J connectivity index is 1.11. The van der Waals surface area contributed by atoms with Crippen molar-refractivity contribution in [3.8, 4) is 5.69 Å². The number of aromatic amines is 1. The van der Waals surface area contributed by atoms with Gasteiger partial charge >= 0.3 is 0 Å². The van der Waals surface area contributed by atoms with Crippen molar-refractivity contribution in [2.45, 2.75) is 25.9 Å². The van der Waals surface area contributed by atoms with Gasteiger partial charge in [-0.25, -0.2) is 0 Å². The predicted octanol–water partition coefficient (Wildman–Crippen LogP) is 3.56. The molecule has 0 atom stereocenters. The zero-order valence-electron chi connectivity index (χ0n) is 20.3. The van der Waals surface area contributed by atoms with Crippen LogP contribution in [0.25, 0.3) is 16.6 Å². The van der Waals surface area contributed by atoms with Gasteiger partial charge in [-0.15, -0.1) is 10.2 Å². The van der Waals surface area contributed by atoms with E-state index in [1.54, 1.807) is 12.7 Å². The van der Waals surface area contributed by atoms with Crippen molar-refractivity contribution in [1.82, 2.24) is 34.4 Å². The minimum absolute atomic E-state index is 1.00. The van der Waals surface area contributed by atoms with Crippen molar-refractivity contribution in [3.05, 3.63) is 78.0 Å². The second-order valence-electron chi connectivity index (χ2n) is 9.64. The fraction of sp³-hybridized carbons (Fsp3) is 0.407. The summed E-state index contributed by atoms with van der Waals surface area (Å²) in [6.45, 7) is 7.82. The number of H-pyrrole nitrogens is 1. The van der Waals surface area contributed by atoms with E-state index in [1.165, 1.54) is 34.0 Å². The largest absolute Gasteiger partial charge is 0.361 e. The summed E-state index contributed by atoms with van der Waals surface area (Å²) in [5, 5.41) is 9.16. The van der Waals surface area contributed by atoms with E-state index in [-0.39, 0.29) is 0 Å². The molecule has 0 spiro atoms. The summed E-state index contributed by atoms with van der Waals surface area (Å²) in [5.74, 6) is 0. The fourth-order valence-electron chi connectivity index (χ4n) is 4.98. The fourth-order valence-corrected chi connectivity index (χ4v) is 4.98. The Morgan fingerprint density at radius 1 is 0.882 bits per heavy atom. The normalized spacial score (nSPS) is 15.5. The van der Waals surface area contributed by atoms with E-state index < -0.39 is 0 Å². The first-order valence-corrected chi connectivity index (χ1v) is 12.3. The molecule has 0 aliphatic carbocycles. The third kappa shape index (κ3) is 5.38. The van der Waals surface area contributed by atoms with Gasteiger partial charge in [-0.2, -0.15) is 0 Å². The molecule has 1 saturated heterocycles. The van der Waals surface area contributed by atoms with Gasteiger partial charge in [-0.3, -0.25) is 9.47 Å². The highest BCUT2D eigenvalue weighted by molar-refractivity contribution is 5.85. The van der Waals surface area contributed by atoms with Gasteiger partial charge < -0.3 is 14.8 Å². The van der Waals surface area contributed by atoms with Crippen LogP contribution in [0, 0.1) is 0 Å². The maximum atomic E-state index is 3.93. The molecule has 2 aromatic heterocycles. The highest BCUT2D eigenvalue weighted by Gasteiger charge is 2.18. The zero-order chi connectivity index (χ0) is 23.3. The quantitative estimate of drug-likeness (QED) is 0.417. The molecule has 0 bridgehead atoms. The summed E-state index contributed by atoms with van der Waals surface area (Å²) in [4.78, 5) is 10.9. The minimum atomic E-state index is 1.00. The van der Waals surface area contributed by atoms with Crippen LogP contribution in [0.15, 0.2) is 61.3 Å². The van der Waals surface area contributed by atoms with E-state index >= 15 is 0 Å². The summed E-state index contributed by atoms with van der Waals surface area (Å²) in [7, 11) is 4.28. The number of aryl methyl sites for hydroxylation is 1. The molecule has 5 rings (SSSR count). The lowest BCUT2D eigenvalue weighted by atomic mass is 10.1. The molecule has 178 valence electrons. The van der Waals surface area contributed by atoms with Crippen molar-refractivity contribution < 1.29 is 0 Å². The van der Waals surface area contributed by atoms with Crippen LogP contribution in [0.2, 0.25) is 0 Å². The first-order valence-electron chi connectivity index (χ1n) is 12.3. The van der Waals surface area contributed by atoms with Gasteiger partial charge in [0.1, 0.15) is 12.7 Å². The number of hydrogen-bond acceptors (Lipinski definition) is 5. The number of rotatable bonds is 9. The maximum absolute atomic E-state index is 3.93. The lowest BCUT2D eigenvalue weighted by Crippen LogP contribution is -2.46. The minimum Gasteiger partial charge on any atom is -0.361 e. The van der Waals surface area contributed by atoms with Gasteiger partial charge in [0.25, 0.3) is 0 Å². The van der Waals surface area contributed by atoms with Crippen molar-refractivity contribution >= 4 is 10.9 Å². The van der Waals surface area contributed by atoms with Crippen LogP contribution < -0.4 is 0 Å². The molecule has 1 aliphatic heterocycles. The summed E-state index contributed by atoms with van der Waals surface area (Å²) in [6, 6.07) is 15.4. The number of hydrogen-bond donors (Lipinski definition) is 1. The van der Waals surface area contributed by atoms with E-state index in [4.69, 9.17) is 0 Å². The van der Waals surface area contributed by atoms with Crippen LogP contribution in [0.3, 0.4) is 0 Å². The molecule has 0 saturated carbocycles. The molecule has 1 N–H and O–H groups in total. The third-order valence-electron chi connectivity index (χ3n) is 6.85. The van der Waals surface area contributed by atoms with Crippen LogP contribution in [0.1, 0.15) is 23.1 Å². The average Bonchev–Trinajstić information content (AvgIpc) is 3.51. The Morgan fingerprint density at radius 3 is 2.38 bits per heavy atom. The standard InChI is InChI=1S/C27H35N7/c1-31(2)18-23-6-3-4-7-24(23)19-33-14-12-32(13-15-33)11-5-8-22-17-28-27-10-9-25(16-26(22)27)34-20-29-30-21-34/h3-4,6-7,9-10,16-17,20-21,28H,5,8,11-15,18-19H2,1-2H3. The Morgan fingerprint density at radius 2 is 1.62 bits per heavy atom. The van der Waals surface area contributed by atoms with Crippen molar-refractivity contribution in [2.24, 2.45) is 0 Å². The van der Waals surface area contributed by atoms with Crippen LogP contribution in [-0.4, -0.2) is 81.3 Å². The second-order valence-corrected chi connectivity index (χ2v) is 9.64. The smallest absolute Gasteiger partial charge is 0.123 e. The monoisotopic (exact) mass is 457 g/mol.